The summed E-state index contributed by atoms with van der Waals surface area (Å²) in [6.45, 7) is 0. The molecule has 1 N–H and O–H groups in total. The Labute approximate surface area is 191 Å². The number of hydrogen-bond donors (Lipinski definition) is 1. The molecule has 0 aliphatic carbocycles. The molecule has 6 nitrogen and oxygen atoms in total. The predicted molar refractivity (Wildman–Crippen MR) is 129 cm³/mol. The van der Waals surface area contributed by atoms with Crippen LogP contribution in [0.3, 0.4) is 0 Å². The summed E-state index contributed by atoms with van der Waals surface area (Å²) in [6.07, 6.45) is 1.99. The van der Waals surface area contributed by atoms with E-state index in [0.717, 1.165) is 10.6 Å². The van der Waals surface area contributed by atoms with Crippen LogP contribution in [-0.4, -0.2) is 34.6 Å². The molecule has 158 valence electrons. The molecular formula is C22H19N3O3S3. The van der Waals surface area contributed by atoms with Crippen LogP contribution in [0.25, 0.3) is 15.9 Å². The number of aromatic nitrogens is 2. The minimum absolute atomic E-state index is 0.112. The van der Waals surface area contributed by atoms with Crippen LogP contribution in [0.4, 0.5) is 5.69 Å². The first-order valence-electron chi connectivity index (χ1n) is 9.31. The van der Waals surface area contributed by atoms with Gasteiger partial charge in [0.25, 0.3) is 5.56 Å². The van der Waals surface area contributed by atoms with Gasteiger partial charge in [-0.2, -0.15) is 0 Å². The Bertz CT molecular complexity index is 1300. The molecule has 0 saturated heterocycles. The van der Waals surface area contributed by atoms with Crippen molar-refractivity contribution in [2.24, 2.45) is 0 Å². The number of amides is 1. The summed E-state index contributed by atoms with van der Waals surface area (Å²) in [4.78, 5) is 31.5. The van der Waals surface area contributed by atoms with Crippen molar-refractivity contribution < 1.29 is 9.53 Å². The number of nitrogens with one attached hydrogen (secondary N) is 1. The largest absolute Gasteiger partial charge is 0.495 e. The van der Waals surface area contributed by atoms with Gasteiger partial charge in [0.05, 0.1) is 24.1 Å². The standard InChI is InChI=1S/C22H19N3O3S3/c1-28-18-9-4-3-8-17(18)25-21(27)20-16(10-11-30-20)24-22(25)31-13-19(26)23-14-6-5-7-15(12-14)29-2/h3-12H,13H2,1-2H3,(H,23,26). The number of thiophene rings is 1. The number of methoxy groups -OCH3 is 1. The monoisotopic (exact) mass is 469 g/mol. The van der Waals surface area contributed by atoms with E-state index in [4.69, 9.17) is 4.74 Å². The zero-order valence-electron chi connectivity index (χ0n) is 16.8. The fraction of sp³-hybridized carbons (Fsp3) is 0.136. The molecule has 1 amide bonds. The average Bonchev–Trinajstić information content (AvgIpc) is 3.27. The Kier molecular flexibility index (Phi) is 6.64. The van der Waals surface area contributed by atoms with Crippen LogP contribution in [0.5, 0.6) is 5.75 Å². The SMILES string of the molecule is COc1ccccc1-n1c(SCC(=O)Nc2cccc(SC)c2)nc2ccsc2c1=O. The van der Waals surface area contributed by atoms with E-state index in [-0.39, 0.29) is 17.2 Å². The maximum atomic E-state index is 13.2. The van der Waals surface area contributed by atoms with E-state index in [1.807, 2.05) is 54.1 Å². The number of benzene rings is 2. The molecule has 4 rings (SSSR count). The maximum Gasteiger partial charge on any atom is 0.276 e. The molecule has 0 saturated carbocycles. The lowest BCUT2D eigenvalue weighted by atomic mass is 10.3. The topological polar surface area (TPSA) is 73.2 Å². The van der Waals surface area contributed by atoms with Gasteiger partial charge in [0.1, 0.15) is 10.4 Å². The highest BCUT2D eigenvalue weighted by Crippen LogP contribution is 2.28. The Balaban J connectivity index is 1.65. The maximum absolute atomic E-state index is 13.2. The van der Waals surface area contributed by atoms with Crippen LogP contribution in [0.2, 0.25) is 0 Å². The smallest absolute Gasteiger partial charge is 0.276 e. The number of ether oxygens (including phenoxy) is 1. The van der Waals surface area contributed by atoms with Crippen molar-refractivity contribution in [1.29, 1.82) is 0 Å². The van der Waals surface area contributed by atoms with Gasteiger partial charge in [-0.05, 0) is 48.0 Å². The number of rotatable bonds is 7. The number of nitrogens with zero attached hydrogens (tertiary/aromatic N) is 2. The third-order valence-corrected chi connectivity index (χ3v) is 7.02. The fourth-order valence-corrected chi connectivity index (χ4v) is 5.07. The van der Waals surface area contributed by atoms with Crippen LogP contribution in [0, 0.1) is 0 Å². The van der Waals surface area contributed by atoms with Crippen LogP contribution in [0.15, 0.2) is 74.8 Å². The highest BCUT2D eigenvalue weighted by Gasteiger charge is 2.18. The van der Waals surface area contributed by atoms with E-state index in [1.54, 1.807) is 31.0 Å². The van der Waals surface area contributed by atoms with E-state index in [9.17, 15) is 9.59 Å². The van der Waals surface area contributed by atoms with E-state index >= 15 is 0 Å². The van der Waals surface area contributed by atoms with Crippen molar-refractivity contribution in [3.05, 3.63) is 70.3 Å². The van der Waals surface area contributed by atoms with Crippen LogP contribution >= 0.6 is 34.9 Å². The third-order valence-electron chi connectivity index (χ3n) is 4.46. The second kappa shape index (κ2) is 9.59. The van der Waals surface area contributed by atoms with Crippen molar-refractivity contribution >= 4 is 56.7 Å². The summed E-state index contributed by atoms with van der Waals surface area (Å²) in [5.74, 6) is 0.498. The molecule has 0 atom stereocenters. The number of para-hydroxylation sites is 2. The summed E-state index contributed by atoms with van der Waals surface area (Å²) in [5, 5.41) is 5.18. The third kappa shape index (κ3) is 4.63. The van der Waals surface area contributed by atoms with Crippen molar-refractivity contribution in [1.82, 2.24) is 9.55 Å². The normalized spacial score (nSPS) is 10.9. The van der Waals surface area contributed by atoms with Crippen molar-refractivity contribution in [2.45, 2.75) is 10.1 Å². The number of hydrogen-bond acceptors (Lipinski definition) is 7. The van der Waals surface area contributed by atoms with Crippen LogP contribution in [-0.2, 0) is 4.79 Å². The average molecular weight is 470 g/mol. The number of carbonyl (C=O) groups excluding carboxylic acids is 1. The summed E-state index contributed by atoms with van der Waals surface area (Å²) in [6, 6.07) is 16.7. The first-order chi connectivity index (χ1) is 15.1. The van der Waals surface area contributed by atoms with Gasteiger partial charge in [-0.15, -0.1) is 23.1 Å². The van der Waals surface area contributed by atoms with Crippen LogP contribution < -0.4 is 15.6 Å². The number of thioether (sulfide) groups is 2. The Morgan fingerprint density at radius 3 is 2.84 bits per heavy atom. The van der Waals surface area contributed by atoms with Gasteiger partial charge in [0.2, 0.25) is 5.91 Å². The number of anilines is 1. The van der Waals surface area contributed by atoms with Crippen LogP contribution in [0.1, 0.15) is 0 Å². The van der Waals surface area contributed by atoms with E-state index < -0.39 is 0 Å². The molecule has 0 aliphatic heterocycles. The van der Waals surface area contributed by atoms with Gasteiger partial charge < -0.3 is 10.1 Å². The fourth-order valence-electron chi connectivity index (χ4n) is 3.04. The second-order valence-electron chi connectivity index (χ2n) is 6.41. The minimum atomic E-state index is -0.180. The Morgan fingerprint density at radius 1 is 1.19 bits per heavy atom. The first-order valence-corrected chi connectivity index (χ1v) is 12.4. The van der Waals surface area contributed by atoms with Gasteiger partial charge >= 0.3 is 0 Å². The predicted octanol–water partition coefficient (Wildman–Crippen LogP) is 4.91. The van der Waals surface area contributed by atoms with Gasteiger partial charge in [0.15, 0.2) is 5.16 Å². The van der Waals surface area contributed by atoms with Crippen molar-refractivity contribution in [2.75, 3.05) is 24.4 Å². The molecule has 4 aromatic rings. The quantitative estimate of drug-likeness (QED) is 0.306. The molecule has 2 heterocycles. The molecule has 2 aromatic carbocycles. The van der Waals surface area contributed by atoms with E-state index in [1.165, 1.54) is 27.7 Å². The number of carbonyl (C=O) groups is 1. The van der Waals surface area contributed by atoms with Gasteiger partial charge in [-0.3, -0.25) is 14.2 Å². The zero-order chi connectivity index (χ0) is 21.8. The molecule has 9 heteroatoms. The Hall–Kier alpha value is -2.75. The van der Waals surface area contributed by atoms with Gasteiger partial charge in [-0.1, -0.05) is 30.0 Å². The lowest BCUT2D eigenvalue weighted by Gasteiger charge is -2.15. The first kappa shape index (κ1) is 21.5. The molecule has 0 spiro atoms. The molecule has 0 fully saturated rings. The highest BCUT2D eigenvalue weighted by atomic mass is 32.2. The van der Waals surface area contributed by atoms with Crippen molar-refractivity contribution in [3.63, 3.8) is 0 Å². The molecule has 31 heavy (non-hydrogen) atoms. The van der Waals surface area contributed by atoms with Crippen molar-refractivity contribution in [3.8, 4) is 11.4 Å². The van der Waals surface area contributed by atoms with E-state index in [0.29, 0.717) is 26.8 Å². The molecule has 0 aliphatic rings. The van der Waals surface area contributed by atoms with Gasteiger partial charge in [-0.25, -0.2) is 4.98 Å². The summed E-state index contributed by atoms with van der Waals surface area (Å²) in [5.41, 5.74) is 1.77. The molecule has 0 bridgehead atoms. The second-order valence-corrected chi connectivity index (χ2v) is 9.15. The van der Waals surface area contributed by atoms with Gasteiger partial charge in [0, 0.05) is 10.6 Å². The summed E-state index contributed by atoms with van der Waals surface area (Å²) < 4.78 is 7.54. The molecule has 2 aromatic heterocycles. The summed E-state index contributed by atoms with van der Waals surface area (Å²) in [7, 11) is 1.56. The highest BCUT2D eigenvalue weighted by molar-refractivity contribution is 7.99. The number of fused-ring (bicyclic) bond motifs is 1. The molecular weight excluding hydrogens is 450 g/mol. The lowest BCUT2D eigenvalue weighted by Crippen LogP contribution is -2.22. The molecule has 0 radical (unpaired) electrons. The zero-order valence-corrected chi connectivity index (χ0v) is 19.3. The summed E-state index contributed by atoms with van der Waals surface area (Å²) >= 11 is 4.17. The van der Waals surface area contributed by atoms with E-state index in [2.05, 4.69) is 10.3 Å². The Morgan fingerprint density at radius 2 is 2.03 bits per heavy atom. The minimum Gasteiger partial charge on any atom is -0.495 e. The lowest BCUT2D eigenvalue weighted by molar-refractivity contribution is -0.113. The molecule has 0 unspecified atom stereocenters.